The zero-order chi connectivity index (χ0) is 39.2. The van der Waals surface area contributed by atoms with E-state index in [0.29, 0.717) is 5.69 Å². The highest BCUT2D eigenvalue weighted by molar-refractivity contribution is 7.47. The van der Waals surface area contributed by atoms with Gasteiger partial charge in [-0.15, -0.1) is 0 Å². The number of aliphatic hydroxyl groups excluding tert-OH is 3. The number of aromatic amines is 2. The number of benzene rings is 1. The molecule has 3 aliphatic rings. The number of nitrogens with two attached hydrogens (primary N) is 1. The largest absolute Gasteiger partial charge is 0.472 e. The van der Waals surface area contributed by atoms with Crippen molar-refractivity contribution in [1.29, 1.82) is 0 Å². The molecule has 8 N–H and O–H groups in total. The first-order valence-electron chi connectivity index (χ1n) is 16.9. The Morgan fingerprint density at radius 1 is 1.04 bits per heavy atom. The molecule has 9 atom stereocenters. The van der Waals surface area contributed by atoms with Gasteiger partial charge in [-0.3, -0.25) is 37.7 Å². The number of aromatic nitrogens is 6. The van der Waals surface area contributed by atoms with Crippen LogP contribution in [-0.2, 0) is 32.6 Å². The van der Waals surface area contributed by atoms with Crippen LogP contribution in [0.3, 0.4) is 0 Å². The Morgan fingerprint density at radius 3 is 2.45 bits per heavy atom. The fraction of sp³-hybridized carbons (Fsp3) is 0.516. The summed E-state index contributed by atoms with van der Waals surface area (Å²) < 4.78 is 65.3. The Labute approximate surface area is 308 Å². The van der Waals surface area contributed by atoms with Crippen molar-refractivity contribution in [3.63, 3.8) is 0 Å². The lowest BCUT2D eigenvalue weighted by Gasteiger charge is -2.44. The Morgan fingerprint density at radius 2 is 1.76 bits per heavy atom. The number of phosphoric acid groups is 1. The number of nitrogens with zero attached hydrogens (tertiary/aromatic N) is 5. The molecule has 0 spiro atoms. The molecule has 298 valence electrons. The molecule has 3 aliphatic heterocycles. The smallest absolute Gasteiger partial charge is 0.394 e. The number of anilines is 2. The van der Waals surface area contributed by atoms with Crippen molar-refractivity contribution in [3.8, 4) is 0 Å². The van der Waals surface area contributed by atoms with Gasteiger partial charge in [-0.25, -0.2) is 18.7 Å². The van der Waals surface area contributed by atoms with Gasteiger partial charge < -0.3 is 49.8 Å². The van der Waals surface area contributed by atoms with Crippen molar-refractivity contribution < 1.29 is 57.2 Å². The predicted molar refractivity (Wildman–Crippen MR) is 184 cm³/mol. The number of fused-ring (bicyclic) bond motifs is 1. The highest BCUT2D eigenvalue weighted by Gasteiger charge is 2.54. The third-order valence-corrected chi connectivity index (χ3v) is 10.7. The van der Waals surface area contributed by atoms with Crippen LogP contribution in [0.1, 0.15) is 25.3 Å². The van der Waals surface area contributed by atoms with Gasteiger partial charge in [0.1, 0.15) is 42.4 Å². The molecule has 22 nitrogen and oxygen atoms in total. The van der Waals surface area contributed by atoms with E-state index in [4.69, 9.17) is 33.7 Å². The van der Waals surface area contributed by atoms with Crippen LogP contribution in [0.25, 0.3) is 11.2 Å². The van der Waals surface area contributed by atoms with Crippen LogP contribution >= 0.6 is 7.82 Å². The summed E-state index contributed by atoms with van der Waals surface area (Å²) in [5.41, 5.74) is 3.68. The molecule has 0 bridgehead atoms. The van der Waals surface area contributed by atoms with Gasteiger partial charge in [0.25, 0.3) is 11.1 Å². The Hall–Kier alpha value is -4.39. The lowest BCUT2D eigenvalue weighted by Crippen LogP contribution is -2.52. The SMILES string of the molecule is COC1(O[C@@H]2[C@H](OP(=O)(O)OC[C@H]3O[C@@H](n4ccc(=O)[nH]c4=O)[C@H](O)[C@@H]3O)[C@@H](CO)O[C@H]2n2cnc3c(=O)[nH]c(N)nc32)CCN(c2ccccc2F)CC1. The molecule has 0 radical (unpaired) electrons. The van der Waals surface area contributed by atoms with Crippen LogP contribution in [0.5, 0.6) is 0 Å². The number of methoxy groups -OCH3 is 1. The van der Waals surface area contributed by atoms with Crippen LogP contribution in [0.15, 0.2) is 57.2 Å². The number of piperidine rings is 1. The maximum atomic E-state index is 14.7. The molecule has 0 saturated carbocycles. The maximum Gasteiger partial charge on any atom is 0.472 e. The second kappa shape index (κ2) is 15.3. The van der Waals surface area contributed by atoms with Gasteiger partial charge in [0.05, 0.1) is 25.2 Å². The summed E-state index contributed by atoms with van der Waals surface area (Å²) in [4.78, 5) is 61.8. The number of rotatable bonds is 12. The Bertz CT molecular complexity index is 2240. The molecule has 6 heterocycles. The predicted octanol–water partition coefficient (Wildman–Crippen LogP) is -1.57. The standard InChI is InChI=1S/C31H38FN8O14P/c1-49-31(7-10-38(11-8-31)16-5-3-2-4-15(16)32)53-24-23(17(12-41)51-28(24)40-14-34-20-25(40)36-29(33)37-26(20)45)54-55(47,48)50-13-18-21(43)22(44)27(52-18)39-9-6-19(42)35-30(39)46/h2-6,9,14,17-18,21-24,27-28,41,43-44H,7-8,10-13H2,1H3,(H,47,48)(H,35,42,46)(H3,33,36,37,45)/t17-,18-,21-,22-,23-,24-,27-,28-/m1/s1. The van der Waals surface area contributed by atoms with Crippen molar-refractivity contribution in [1.82, 2.24) is 29.1 Å². The lowest BCUT2D eigenvalue weighted by atomic mass is 10.0. The van der Waals surface area contributed by atoms with Gasteiger partial charge in [-0.1, -0.05) is 12.1 Å². The number of aliphatic hydroxyl groups is 3. The number of halogens is 1. The maximum absolute atomic E-state index is 14.7. The van der Waals surface area contributed by atoms with Crippen molar-refractivity contribution in [2.45, 2.75) is 67.7 Å². The molecule has 24 heteroatoms. The average molecular weight is 797 g/mol. The fourth-order valence-electron chi connectivity index (χ4n) is 6.95. The molecule has 3 aromatic heterocycles. The minimum Gasteiger partial charge on any atom is -0.394 e. The number of nitrogens with one attached hydrogen (secondary N) is 2. The minimum atomic E-state index is -5.21. The molecule has 0 aliphatic carbocycles. The van der Waals surface area contributed by atoms with Crippen molar-refractivity contribution in [3.05, 3.63) is 79.9 Å². The number of para-hydroxylation sites is 1. The van der Waals surface area contributed by atoms with Gasteiger partial charge in [-0.2, -0.15) is 4.98 Å². The molecular formula is C31H38FN8O14P. The second-order valence-corrected chi connectivity index (χ2v) is 14.5. The molecule has 1 aromatic carbocycles. The van der Waals surface area contributed by atoms with Crippen molar-refractivity contribution in [2.24, 2.45) is 0 Å². The Balaban J connectivity index is 1.15. The summed E-state index contributed by atoms with van der Waals surface area (Å²) in [5, 5.41) is 31.6. The molecule has 1 unspecified atom stereocenters. The molecule has 3 saturated heterocycles. The Kier molecular flexibility index (Phi) is 10.8. The first kappa shape index (κ1) is 38.9. The van der Waals surface area contributed by atoms with E-state index in [1.807, 2.05) is 4.98 Å². The molecule has 3 fully saturated rings. The zero-order valence-corrected chi connectivity index (χ0v) is 29.8. The molecule has 4 aromatic rings. The summed E-state index contributed by atoms with van der Waals surface area (Å²) in [5.74, 6) is -2.10. The second-order valence-electron chi connectivity index (χ2n) is 13.1. The zero-order valence-electron chi connectivity index (χ0n) is 28.9. The van der Waals surface area contributed by atoms with Crippen LogP contribution < -0.4 is 27.4 Å². The van der Waals surface area contributed by atoms with Crippen LogP contribution in [0, 0.1) is 5.82 Å². The van der Waals surface area contributed by atoms with Gasteiger partial charge >= 0.3 is 13.5 Å². The lowest BCUT2D eigenvalue weighted by molar-refractivity contribution is -0.275. The van der Waals surface area contributed by atoms with E-state index in [2.05, 4.69) is 15.0 Å². The van der Waals surface area contributed by atoms with E-state index < -0.39 is 98.5 Å². The van der Waals surface area contributed by atoms with Crippen LogP contribution in [-0.4, -0.2) is 125 Å². The van der Waals surface area contributed by atoms with E-state index in [0.717, 1.165) is 16.8 Å². The molecule has 0 amide bonds. The summed E-state index contributed by atoms with van der Waals surface area (Å²) in [7, 11) is -3.83. The van der Waals surface area contributed by atoms with E-state index in [9.17, 15) is 43.6 Å². The van der Waals surface area contributed by atoms with Crippen molar-refractivity contribution >= 4 is 30.6 Å². The number of phosphoric ester groups is 1. The number of nitrogen functional groups attached to an aromatic ring is 1. The van der Waals surface area contributed by atoms with Crippen LogP contribution in [0.4, 0.5) is 16.0 Å². The number of hydrogen-bond donors (Lipinski definition) is 7. The normalized spacial score (nSPS) is 29.2. The molecule has 55 heavy (non-hydrogen) atoms. The number of imidazole rings is 1. The summed E-state index contributed by atoms with van der Waals surface area (Å²) >= 11 is 0. The number of hydrogen-bond acceptors (Lipinski definition) is 17. The highest BCUT2D eigenvalue weighted by atomic mass is 31.2. The third-order valence-electron chi connectivity index (χ3n) is 9.75. The highest BCUT2D eigenvalue weighted by Crippen LogP contribution is 2.51. The van der Waals surface area contributed by atoms with Gasteiger partial charge in [0, 0.05) is 45.3 Å². The van der Waals surface area contributed by atoms with Gasteiger partial charge in [-0.05, 0) is 12.1 Å². The topological polar surface area (TPSA) is 301 Å². The van der Waals surface area contributed by atoms with Gasteiger partial charge in [0.2, 0.25) is 5.95 Å². The monoisotopic (exact) mass is 796 g/mol. The van der Waals surface area contributed by atoms with E-state index in [1.54, 1.807) is 23.1 Å². The summed E-state index contributed by atoms with van der Waals surface area (Å²) in [6.07, 6.45) is -9.62. The average Bonchev–Trinajstić information content (AvgIpc) is 3.81. The van der Waals surface area contributed by atoms with Crippen molar-refractivity contribution in [2.75, 3.05) is 44.0 Å². The van der Waals surface area contributed by atoms with Crippen LogP contribution in [0.2, 0.25) is 0 Å². The van der Waals surface area contributed by atoms with E-state index >= 15 is 0 Å². The van der Waals surface area contributed by atoms with E-state index in [-0.39, 0.29) is 43.0 Å². The fourth-order valence-corrected chi connectivity index (χ4v) is 7.91. The summed E-state index contributed by atoms with van der Waals surface area (Å²) in [6.45, 7) is -1.12. The van der Waals surface area contributed by atoms with Gasteiger partial charge in [0.15, 0.2) is 29.4 Å². The summed E-state index contributed by atoms with van der Waals surface area (Å²) in [6, 6.07) is 7.24. The number of H-pyrrole nitrogens is 2. The first-order valence-corrected chi connectivity index (χ1v) is 18.4. The van der Waals surface area contributed by atoms with E-state index in [1.165, 1.54) is 24.1 Å². The number of ether oxygens (including phenoxy) is 4. The first-order chi connectivity index (χ1) is 26.2. The molecular weight excluding hydrogens is 758 g/mol. The molecule has 7 rings (SSSR count). The third kappa shape index (κ3) is 7.60. The quantitative estimate of drug-likeness (QED) is 0.0629. The minimum absolute atomic E-state index is 0.0523.